The standard InChI is InChI=1S/C33H33N3O3/c37-23-36-19-18-30(31(21-36)38-22-25-12-14-26-6-4-5-9-29(26)20-25)27-15-10-24(11-16-27)13-17-32-34-33(35-39-32)28-7-2-1-3-8-28/h1-12,14-16,20,30-31,37H,13,17-19,21-23H2. The molecule has 0 saturated carbocycles. The Morgan fingerprint density at radius 1 is 0.846 bits per heavy atom. The molecule has 6 heteroatoms. The Morgan fingerprint density at radius 2 is 1.62 bits per heavy atom. The lowest BCUT2D eigenvalue weighted by Crippen LogP contribution is -2.44. The molecular formula is C33H33N3O3. The largest absolute Gasteiger partial charge is 0.381 e. The van der Waals surface area contributed by atoms with Gasteiger partial charge in [-0.3, -0.25) is 4.90 Å². The molecule has 6 nitrogen and oxygen atoms in total. The zero-order valence-electron chi connectivity index (χ0n) is 21.9. The first-order valence-electron chi connectivity index (χ1n) is 13.6. The number of hydrogen-bond acceptors (Lipinski definition) is 6. The quantitative estimate of drug-likeness (QED) is 0.258. The van der Waals surface area contributed by atoms with Crippen molar-refractivity contribution in [3.63, 3.8) is 0 Å². The number of nitrogens with zero attached hydrogens (tertiary/aromatic N) is 3. The summed E-state index contributed by atoms with van der Waals surface area (Å²) in [7, 11) is 0. The van der Waals surface area contributed by atoms with Crippen molar-refractivity contribution >= 4 is 10.8 Å². The molecule has 1 aliphatic heterocycles. The Kier molecular flexibility index (Phi) is 7.77. The predicted octanol–water partition coefficient (Wildman–Crippen LogP) is 6.00. The second-order valence-corrected chi connectivity index (χ2v) is 10.3. The first kappa shape index (κ1) is 25.4. The Hall–Kier alpha value is -3.84. The Bertz CT molecular complexity index is 1500. The summed E-state index contributed by atoms with van der Waals surface area (Å²) >= 11 is 0. The van der Waals surface area contributed by atoms with Crippen LogP contribution in [0.15, 0.2) is 102 Å². The normalized spacial score (nSPS) is 18.0. The van der Waals surface area contributed by atoms with Gasteiger partial charge in [-0.2, -0.15) is 4.98 Å². The molecule has 4 aromatic carbocycles. The molecular weight excluding hydrogens is 486 g/mol. The van der Waals surface area contributed by atoms with Crippen LogP contribution in [0.2, 0.25) is 0 Å². The second kappa shape index (κ2) is 11.9. The molecule has 39 heavy (non-hydrogen) atoms. The lowest BCUT2D eigenvalue weighted by molar-refractivity contribution is -0.0442. The maximum Gasteiger partial charge on any atom is 0.227 e. The minimum absolute atomic E-state index is 0.0121. The number of piperidine rings is 1. The van der Waals surface area contributed by atoms with E-state index >= 15 is 0 Å². The van der Waals surface area contributed by atoms with E-state index in [2.05, 4.69) is 81.8 Å². The zero-order chi connectivity index (χ0) is 26.4. The predicted molar refractivity (Wildman–Crippen MR) is 152 cm³/mol. The van der Waals surface area contributed by atoms with Crippen molar-refractivity contribution in [3.05, 3.63) is 120 Å². The van der Waals surface area contributed by atoms with Gasteiger partial charge in [0.2, 0.25) is 11.7 Å². The van der Waals surface area contributed by atoms with Crippen molar-refractivity contribution in [3.8, 4) is 11.4 Å². The van der Waals surface area contributed by atoms with Crippen molar-refractivity contribution in [1.29, 1.82) is 0 Å². The third-order valence-electron chi connectivity index (χ3n) is 7.66. The number of rotatable bonds is 9. The van der Waals surface area contributed by atoms with Gasteiger partial charge in [0.1, 0.15) is 0 Å². The van der Waals surface area contributed by atoms with Crippen molar-refractivity contribution in [2.45, 2.75) is 37.9 Å². The van der Waals surface area contributed by atoms with Crippen LogP contribution in [0.4, 0.5) is 0 Å². The van der Waals surface area contributed by atoms with E-state index < -0.39 is 0 Å². The maximum absolute atomic E-state index is 9.78. The summed E-state index contributed by atoms with van der Waals surface area (Å²) in [5, 5.41) is 16.4. The van der Waals surface area contributed by atoms with Crippen molar-refractivity contribution in [1.82, 2.24) is 15.0 Å². The maximum atomic E-state index is 9.78. The van der Waals surface area contributed by atoms with Crippen LogP contribution < -0.4 is 0 Å². The summed E-state index contributed by atoms with van der Waals surface area (Å²) < 4.78 is 12.0. The van der Waals surface area contributed by atoms with Crippen LogP contribution in [0.3, 0.4) is 0 Å². The number of ether oxygens (including phenoxy) is 1. The average molecular weight is 520 g/mol. The number of aliphatic hydroxyl groups is 1. The van der Waals surface area contributed by atoms with Crippen LogP contribution in [-0.4, -0.2) is 46.1 Å². The van der Waals surface area contributed by atoms with E-state index in [1.807, 2.05) is 30.3 Å². The minimum Gasteiger partial charge on any atom is -0.381 e. The topological polar surface area (TPSA) is 71.6 Å². The molecule has 1 N–H and O–H groups in total. The highest BCUT2D eigenvalue weighted by molar-refractivity contribution is 5.82. The van der Waals surface area contributed by atoms with Crippen LogP contribution in [0, 0.1) is 0 Å². The van der Waals surface area contributed by atoms with Gasteiger partial charge in [-0.15, -0.1) is 0 Å². The molecule has 5 aromatic rings. The van der Waals surface area contributed by atoms with E-state index in [4.69, 9.17) is 9.26 Å². The molecule has 1 fully saturated rings. The fourth-order valence-electron chi connectivity index (χ4n) is 5.43. The molecule has 0 radical (unpaired) electrons. The lowest BCUT2D eigenvalue weighted by Gasteiger charge is -2.38. The van der Waals surface area contributed by atoms with Crippen molar-refractivity contribution in [2.75, 3.05) is 19.8 Å². The lowest BCUT2D eigenvalue weighted by atomic mass is 9.86. The molecule has 2 heterocycles. The number of benzene rings is 4. The number of hydrogen-bond donors (Lipinski definition) is 1. The number of aromatic nitrogens is 2. The molecule has 1 aromatic heterocycles. The molecule has 198 valence electrons. The Morgan fingerprint density at radius 3 is 2.44 bits per heavy atom. The summed E-state index contributed by atoms with van der Waals surface area (Å²) in [4.78, 5) is 6.61. The number of aryl methyl sites for hydroxylation is 2. The van der Waals surface area contributed by atoms with Gasteiger partial charge in [-0.25, -0.2) is 0 Å². The summed E-state index contributed by atoms with van der Waals surface area (Å²) in [6.45, 7) is 2.19. The van der Waals surface area contributed by atoms with Gasteiger partial charge in [0, 0.05) is 31.0 Å². The van der Waals surface area contributed by atoms with Gasteiger partial charge in [-0.1, -0.05) is 96.2 Å². The van der Waals surface area contributed by atoms with Gasteiger partial charge in [0.15, 0.2) is 0 Å². The summed E-state index contributed by atoms with van der Waals surface area (Å²) in [6.07, 6.45) is 2.50. The second-order valence-electron chi connectivity index (χ2n) is 10.3. The summed E-state index contributed by atoms with van der Waals surface area (Å²) in [5.74, 6) is 1.56. The fourth-order valence-corrected chi connectivity index (χ4v) is 5.43. The van der Waals surface area contributed by atoms with Gasteiger partial charge >= 0.3 is 0 Å². The van der Waals surface area contributed by atoms with Crippen molar-refractivity contribution in [2.24, 2.45) is 0 Å². The number of fused-ring (bicyclic) bond motifs is 1. The first-order valence-corrected chi connectivity index (χ1v) is 13.6. The third kappa shape index (κ3) is 6.09. The summed E-state index contributed by atoms with van der Waals surface area (Å²) in [5.41, 5.74) is 4.64. The zero-order valence-corrected chi connectivity index (χ0v) is 21.9. The van der Waals surface area contributed by atoms with Crippen LogP contribution in [0.1, 0.15) is 34.9 Å². The van der Waals surface area contributed by atoms with Gasteiger partial charge in [0.25, 0.3) is 0 Å². The van der Waals surface area contributed by atoms with E-state index in [9.17, 15) is 5.11 Å². The third-order valence-corrected chi connectivity index (χ3v) is 7.66. The molecule has 0 bridgehead atoms. The Labute approximate surface area is 228 Å². The highest BCUT2D eigenvalue weighted by Gasteiger charge is 2.31. The van der Waals surface area contributed by atoms with Crippen LogP contribution in [0.25, 0.3) is 22.2 Å². The minimum atomic E-state index is 0.0121. The van der Waals surface area contributed by atoms with E-state index in [0.717, 1.165) is 31.5 Å². The number of likely N-dealkylation sites (tertiary alicyclic amines) is 1. The van der Waals surface area contributed by atoms with E-state index in [0.29, 0.717) is 24.7 Å². The molecule has 0 spiro atoms. The molecule has 0 amide bonds. The smallest absolute Gasteiger partial charge is 0.227 e. The fraction of sp³-hybridized carbons (Fsp3) is 0.273. The monoisotopic (exact) mass is 519 g/mol. The highest BCUT2D eigenvalue weighted by Crippen LogP contribution is 2.31. The van der Waals surface area contributed by atoms with Crippen LogP contribution in [-0.2, 0) is 24.2 Å². The molecule has 1 aliphatic rings. The molecule has 0 aliphatic carbocycles. The highest BCUT2D eigenvalue weighted by atomic mass is 16.5. The first-order chi connectivity index (χ1) is 19.2. The molecule has 2 unspecified atom stereocenters. The SMILES string of the molecule is OCN1CCC(c2ccc(CCc3nc(-c4ccccc4)no3)cc2)C(OCc2ccc3ccccc3c2)C1. The van der Waals surface area contributed by atoms with Crippen LogP contribution in [0.5, 0.6) is 0 Å². The molecule has 2 atom stereocenters. The summed E-state index contributed by atoms with van der Waals surface area (Å²) in [6, 6.07) is 33.6. The van der Waals surface area contributed by atoms with E-state index in [1.54, 1.807) is 0 Å². The van der Waals surface area contributed by atoms with E-state index in [-0.39, 0.29) is 18.8 Å². The van der Waals surface area contributed by atoms with Gasteiger partial charge in [-0.05, 0) is 46.4 Å². The molecule has 1 saturated heterocycles. The average Bonchev–Trinajstić information content (AvgIpc) is 3.49. The van der Waals surface area contributed by atoms with Crippen molar-refractivity contribution < 1.29 is 14.4 Å². The van der Waals surface area contributed by atoms with Gasteiger partial charge < -0.3 is 14.4 Å². The Balaban J connectivity index is 1.10. The van der Waals surface area contributed by atoms with Crippen LogP contribution >= 0.6 is 0 Å². The van der Waals surface area contributed by atoms with E-state index in [1.165, 1.54) is 27.5 Å². The molecule has 6 rings (SSSR count). The van der Waals surface area contributed by atoms with Gasteiger partial charge in [0.05, 0.1) is 19.4 Å². The number of aliphatic hydroxyl groups excluding tert-OH is 1.